The zero-order valence-electron chi connectivity index (χ0n) is 11.8. The van der Waals surface area contributed by atoms with E-state index in [1.54, 1.807) is 0 Å². The van der Waals surface area contributed by atoms with Gasteiger partial charge in [0.1, 0.15) is 0 Å². The van der Waals surface area contributed by atoms with Gasteiger partial charge in [0.15, 0.2) is 0 Å². The minimum atomic E-state index is 0.469. The van der Waals surface area contributed by atoms with Crippen LogP contribution in [0.3, 0.4) is 0 Å². The van der Waals surface area contributed by atoms with E-state index in [9.17, 15) is 0 Å². The van der Waals surface area contributed by atoms with Crippen molar-refractivity contribution in [1.82, 2.24) is 10.2 Å². The van der Waals surface area contributed by atoms with Crippen molar-refractivity contribution in [3.8, 4) is 0 Å². The lowest BCUT2D eigenvalue weighted by molar-refractivity contribution is 0.129. The van der Waals surface area contributed by atoms with Gasteiger partial charge in [-0.25, -0.2) is 0 Å². The average molecular weight is 238 g/mol. The van der Waals surface area contributed by atoms with Crippen LogP contribution < -0.4 is 5.32 Å². The summed E-state index contributed by atoms with van der Waals surface area (Å²) in [7, 11) is 0. The maximum absolute atomic E-state index is 3.88. The lowest BCUT2D eigenvalue weighted by atomic mass is 9.81. The molecule has 1 aliphatic carbocycles. The predicted octanol–water partition coefficient (Wildman–Crippen LogP) is 3.17. The van der Waals surface area contributed by atoms with Gasteiger partial charge in [0.05, 0.1) is 0 Å². The Bertz CT molecular complexity index is 221. The zero-order valence-corrected chi connectivity index (χ0v) is 11.8. The number of nitrogens with zero attached hydrogens (tertiary/aromatic N) is 1. The first-order chi connectivity index (χ1) is 8.26. The molecule has 2 nitrogen and oxygen atoms in total. The Balaban J connectivity index is 1.98. The number of hydrogen-bond acceptors (Lipinski definition) is 2. The summed E-state index contributed by atoms with van der Waals surface area (Å²) in [6.45, 7) is 8.56. The zero-order chi connectivity index (χ0) is 12.1. The molecule has 2 rings (SSSR count). The van der Waals surface area contributed by atoms with E-state index in [4.69, 9.17) is 0 Å². The molecule has 0 aromatic rings. The molecule has 1 aliphatic heterocycles. The molecule has 1 saturated carbocycles. The fourth-order valence-corrected chi connectivity index (χ4v) is 3.70. The van der Waals surface area contributed by atoms with E-state index in [1.165, 1.54) is 71.0 Å². The van der Waals surface area contributed by atoms with Gasteiger partial charge >= 0.3 is 0 Å². The highest BCUT2D eigenvalue weighted by Crippen LogP contribution is 2.31. The van der Waals surface area contributed by atoms with Crippen molar-refractivity contribution in [2.24, 2.45) is 0 Å². The van der Waals surface area contributed by atoms with Crippen LogP contribution in [0.4, 0.5) is 0 Å². The first-order valence-electron chi connectivity index (χ1n) is 7.75. The highest BCUT2D eigenvalue weighted by atomic mass is 15.2. The second kappa shape index (κ2) is 6.19. The van der Waals surface area contributed by atoms with Gasteiger partial charge in [-0.1, -0.05) is 32.6 Å². The lowest BCUT2D eigenvalue weighted by Gasteiger charge is -2.41. The maximum Gasteiger partial charge on any atom is 0.0308 e. The summed E-state index contributed by atoms with van der Waals surface area (Å²) in [5.41, 5.74) is 0.469. The Morgan fingerprint density at radius 3 is 2.65 bits per heavy atom. The standard InChI is InChI=1S/C15H30N2/c1-3-8-14(2)17-12-7-11-16-15(13-17)9-5-4-6-10-15/h14,16H,3-13H2,1-2H3. The van der Waals surface area contributed by atoms with Gasteiger partial charge in [-0.05, 0) is 45.7 Å². The largest absolute Gasteiger partial charge is 0.310 e. The van der Waals surface area contributed by atoms with Gasteiger partial charge < -0.3 is 5.32 Å². The molecule has 1 saturated heterocycles. The second-order valence-electron chi connectivity index (χ2n) is 6.23. The minimum Gasteiger partial charge on any atom is -0.310 e. The molecule has 2 heteroatoms. The van der Waals surface area contributed by atoms with Crippen molar-refractivity contribution in [3.63, 3.8) is 0 Å². The molecule has 17 heavy (non-hydrogen) atoms. The van der Waals surface area contributed by atoms with Gasteiger partial charge in [-0.3, -0.25) is 4.90 Å². The van der Waals surface area contributed by atoms with Crippen LogP contribution in [0, 0.1) is 0 Å². The highest BCUT2D eigenvalue weighted by Gasteiger charge is 2.35. The van der Waals surface area contributed by atoms with Crippen LogP contribution in [0.15, 0.2) is 0 Å². The van der Waals surface area contributed by atoms with Crippen molar-refractivity contribution in [2.45, 2.75) is 76.8 Å². The van der Waals surface area contributed by atoms with Crippen molar-refractivity contribution in [2.75, 3.05) is 19.6 Å². The van der Waals surface area contributed by atoms with E-state index in [0.717, 1.165) is 6.04 Å². The van der Waals surface area contributed by atoms with E-state index in [2.05, 4.69) is 24.1 Å². The molecular weight excluding hydrogens is 208 g/mol. The third-order valence-corrected chi connectivity index (χ3v) is 4.77. The van der Waals surface area contributed by atoms with E-state index in [0.29, 0.717) is 5.54 Å². The fourth-order valence-electron chi connectivity index (χ4n) is 3.70. The van der Waals surface area contributed by atoms with E-state index >= 15 is 0 Å². The van der Waals surface area contributed by atoms with Crippen molar-refractivity contribution in [3.05, 3.63) is 0 Å². The molecule has 1 heterocycles. The van der Waals surface area contributed by atoms with E-state index in [1.807, 2.05) is 0 Å². The Morgan fingerprint density at radius 1 is 1.18 bits per heavy atom. The Kier molecular flexibility index (Phi) is 4.87. The summed E-state index contributed by atoms with van der Waals surface area (Å²) in [5, 5.41) is 3.88. The van der Waals surface area contributed by atoms with Gasteiger partial charge in [-0.15, -0.1) is 0 Å². The molecule has 0 aromatic heterocycles. The highest BCUT2D eigenvalue weighted by molar-refractivity contribution is 4.96. The molecule has 1 spiro atoms. The van der Waals surface area contributed by atoms with Crippen molar-refractivity contribution in [1.29, 1.82) is 0 Å². The van der Waals surface area contributed by atoms with Crippen LogP contribution in [0.5, 0.6) is 0 Å². The van der Waals surface area contributed by atoms with Crippen LogP contribution in [0.2, 0.25) is 0 Å². The van der Waals surface area contributed by atoms with Gasteiger partial charge in [0, 0.05) is 18.1 Å². The quantitative estimate of drug-likeness (QED) is 0.812. The number of rotatable bonds is 3. The summed E-state index contributed by atoms with van der Waals surface area (Å²) in [4.78, 5) is 2.76. The average Bonchev–Trinajstić information content (AvgIpc) is 2.54. The first-order valence-corrected chi connectivity index (χ1v) is 7.75. The molecule has 1 N–H and O–H groups in total. The Hall–Kier alpha value is -0.0800. The fraction of sp³-hybridized carbons (Fsp3) is 1.00. The predicted molar refractivity (Wildman–Crippen MR) is 74.4 cm³/mol. The SMILES string of the molecule is CCCC(C)N1CCCNC2(CCCCC2)C1. The smallest absolute Gasteiger partial charge is 0.0308 e. The maximum atomic E-state index is 3.88. The Morgan fingerprint density at radius 2 is 1.94 bits per heavy atom. The van der Waals surface area contributed by atoms with E-state index in [-0.39, 0.29) is 0 Å². The van der Waals surface area contributed by atoms with Crippen LogP contribution in [-0.4, -0.2) is 36.1 Å². The Labute approximate surface area is 107 Å². The molecular formula is C15H30N2. The first kappa shape index (κ1) is 13.4. The molecule has 1 unspecified atom stereocenters. The minimum absolute atomic E-state index is 0.469. The third kappa shape index (κ3) is 3.45. The van der Waals surface area contributed by atoms with Crippen LogP contribution in [-0.2, 0) is 0 Å². The van der Waals surface area contributed by atoms with Gasteiger partial charge in [-0.2, -0.15) is 0 Å². The molecule has 2 fully saturated rings. The molecule has 0 amide bonds. The van der Waals surface area contributed by atoms with Crippen molar-refractivity contribution < 1.29 is 0 Å². The van der Waals surface area contributed by atoms with E-state index < -0.39 is 0 Å². The van der Waals surface area contributed by atoms with Crippen LogP contribution in [0.1, 0.15) is 65.2 Å². The summed E-state index contributed by atoms with van der Waals surface area (Å²) in [5.74, 6) is 0. The van der Waals surface area contributed by atoms with Crippen molar-refractivity contribution >= 4 is 0 Å². The van der Waals surface area contributed by atoms with Crippen LogP contribution in [0.25, 0.3) is 0 Å². The molecule has 0 radical (unpaired) electrons. The molecule has 100 valence electrons. The number of nitrogens with one attached hydrogen (secondary N) is 1. The normalized spacial score (nSPS) is 27.9. The van der Waals surface area contributed by atoms with Gasteiger partial charge in [0.25, 0.3) is 0 Å². The summed E-state index contributed by atoms with van der Waals surface area (Å²) >= 11 is 0. The molecule has 1 atom stereocenters. The summed E-state index contributed by atoms with van der Waals surface area (Å²) in [6.07, 6.45) is 11.1. The lowest BCUT2D eigenvalue weighted by Crippen LogP contribution is -2.54. The van der Waals surface area contributed by atoms with Crippen LogP contribution >= 0.6 is 0 Å². The monoisotopic (exact) mass is 238 g/mol. The topological polar surface area (TPSA) is 15.3 Å². The summed E-state index contributed by atoms with van der Waals surface area (Å²) < 4.78 is 0. The summed E-state index contributed by atoms with van der Waals surface area (Å²) in [6, 6.07) is 0.777. The second-order valence-corrected chi connectivity index (χ2v) is 6.23. The third-order valence-electron chi connectivity index (χ3n) is 4.77. The number of hydrogen-bond donors (Lipinski definition) is 1. The molecule has 0 bridgehead atoms. The van der Waals surface area contributed by atoms with Gasteiger partial charge in [0.2, 0.25) is 0 Å². The molecule has 2 aliphatic rings. The molecule has 0 aromatic carbocycles.